The zero-order valence-corrected chi connectivity index (χ0v) is 10.6. The van der Waals surface area contributed by atoms with E-state index >= 15 is 0 Å². The quantitative estimate of drug-likeness (QED) is 0.858. The molecule has 4 heteroatoms. The largest absolute Gasteiger partial charge is 0.382 e. The van der Waals surface area contributed by atoms with Gasteiger partial charge in [-0.1, -0.05) is 12.1 Å². The summed E-state index contributed by atoms with van der Waals surface area (Å²) in [5.74, 6) is 0.268. The molecule has 2 aliphatic rings. The number of carbonyl (C=O) groups excluding carboxylic acids is 1. The summed E-state index contributed by atoms with van der Waals surface area (Å²) >= 11 is 0. The Hall–Kier alpha value is -1.71. The number of likely N-dealkylation sites (tertiary alicyclic amines) is 1. The highest BCUT2D eigenvalue weighted by Crippen LogP contribution is 2.28. The van der Waals surface area contributed by atoms with E-state index in [0.29, 0.717) is 6.54 Å². The molecule has 0 aromatic heterocycles. The first-order chi connectivity index (χ1) is 8.84. The van der Waals surface area contributed by atoms with Crippen LogP contribution in [0.2, 0.25) is 0 Å². The molecule has 1 saturated heterocycles. The molecule has 1 aromatic rings. The van der Waals surface area contributed by atoms with E-state index in [9.17, 15) is 4.79 Å². The van der Waals surface area contributed by atoms with E-state index < -0.39 is 0 Å². The van der Waals surface area contributed by atoms with Crippen molar-refractivity contribution in [2.45, 2.75) is 12.8 Å². The van der Waals surface area contributed by atoms with Crippen LogP contribution in [0.15, 0.2) is 24.3 Å². The molecule has 3 rings (SSSR count). The van der Waals surface area contributed by atoms with Crippen LogP contribution in [0, 0.1) is 0 Å². The number of carbonyl (C=O) groups is 1. The number of nitrogens with one attached hydrogen (secondary N) is 1. The normalized spacial score (nSPS) is 18.4. The molecule has 0 atom stereocenters. The van der Waals surface area contributed by atoms with Gasteiger partial charge in [0.25, 0.3) is 0 Å². The lowest BCUT2D eigenvalue weighted by Crippen LogP contribution is -2.42. The van der Waals surface area contributed by atoms with E-state index in [1.807, 2.05) is 17.0 Å². The van der Waals surface area contributed by atoms with Gasteiger partial charge in [-0.2, -0.15) is 0 Å². The molecule has 1 amide bonds. The van der Waals surface area contributed by atoms with E-state index in [1.54, 1.807) is 0 Å². The minimum Gasteiger partial charge on any atom is -0.382 e. The van der Waals surface area contributed by atoms with Crippen LogP contribution in [0.1, 0.15) is 12.8 Å². The minimum absolute atomic E-state index is 0.268. The maximum Gasteiger partial charge on any atom is 0.242 e. The summed E-state index contributed by atoms with van der Waals surface area (Å²) in [5.41, 5.74) is 2.29. The van der Waals surface area contributed by atoms with Gasteiger partial charge < -0.3 is 15.1 Å². The summed E-state index contributed by atoms with van der Waals surface area (Å²) in [4.78, 5) is 16.4. The third kappa shape index (κ3) is 2.15. The van der Waals surface area contributed by atoms with Crippen LogP contribution in [-0.2, 0) is 4.79 Å². The molecule has 0 saturated carbocycles. The fourth-order valence-corrected chi connectivity index (χ4v) is 2.74. The average molecular weight is 245 g/mol. The van der Waals surface area contributed by atoms with Crippen molar-refractivity contribution in [3.63, 3.8) is 0 Å². The van der Waals surface area contributed by atoms with Crippen molar-refractivity contribution in [2.24, 2.45) is 0 Å². The molecule has 0 aliphatic carbocycles. The fraction of sp³-hybridized carbons (Fsp3) is 0.500. The van der Waals surface area contributed by atoms with E-state index in [2.05, 4.69) is 22.3 Å². The molecular formula is C14H19N3O. The van der Waals surface area contributed by atoms with Crippen LogP contribution in [0.4, 0.5) is 11.4 Å². The molecule has 96 valence electrons. The van der Waals surface area contributed by atoms with Crippen molar-refractivity contribution < 1.29 is 4.79 Å². The lowest BCUT2D eigenvalue weighted by molar-refractivity contribution is -0.128. The first kappa shape index (κ1) is 11.4. The second-order valence-corrected chi connectivity index (χ2v) is 4.95. The zero-order chi connectivity index (χ0) is 12.4. The van der Waals surface area contributed by atoms with Crippen molar-refractivity contribution in [1.29, 1.82) is 0 Å². The summed E-state index contributed by atoms with van der Waals surface area (Å²) in [6.45, 7) is 4.19. The van der Waals surface area contributed by atoms with E-state index in [1.165, 1.54) is 0 Å². The van der Waals surface area contributed by atoms with Crippen molar-refractivity contribution >= 4 is 17.3 Å². The number of para-hydroxylation sites is 2. The summed E-state index contributed by atoms with van der Waals surface area (Å²) in [7, 11) is 0. The van der Waals surface area contributed by atoms with Crippen molar-refractivity contribution in [3.05, 3.63) is 24.3 Å². The Balaban J connectivity index is 1.72. The second-order valence-electron chi connectivity index (χ2n) is 4.95. The average Bonchev–Trinajstić information content (AvgIpc) is 2.93. The maximum absolute atomic E-state index is 12.2. The predicted molar refractivity (Wildman–Crippen MR) is 73.0 cm³/mol. The zero-order valence-electron chi connectivity index (χ0n) is 10.6. The molecule has 1 N–H and O–H groups in total. The number of benzene rings is 1. The van der Waals surface area contributed by atoms with Gasteiger partial charge in [0.2, 0.25) is 5.91 Å². The number of nitrogens with zero attached hydrogens (tertiary/aromatic N) is 2. The fourth-order valence-electron chi connectivity index (χ4n) is 2.74. The summed E-state index contributed by atoms with van der Waals surface area (Å²) in [6.07, 6.45) is 2.31. The number of fused-ring (bicyclic) bond motifs is 1. The van der Waals surface area contributed by atoms with E-state index in [-0.39, 0.29) is 5.91 Å². The summed E-state index contributed by atoms with van der Waals surface area (Å²) < 4.78 is 0. The standard InChI is InChI=1S/C14H19N3O/c18-14(16-8-3-4-9-16)11-17-10-7-15-12-5-1-2-6-13(12)17/h1-2,5-6,15H,3-4,7-11H2. The van der Waals surface area contributed by atoms with Crippen LogP contribution in [0.25, 0.3) is 0 Å². The van der Waals surface area contributed by atoms with Crippen LogP contribution in [0.5, 0.6) is 0 Å². The monoisotopic (exact) mass is 245 g/mol. The molecule has 18 heavy (non-hydrogen) atoms. The summed E-state index contributed by atoms with van der Waals surface area (Å²) in [6, 6.07) is 8.21. The van der Waals surface area contributed by atoms with Gasteiger partial charge in [-0.05, 0) is 25.0 Å². The lowest BCUT2D eigenvalue weighted by Gasteiger charge is -2.32. The molecule has 2 heterocycles. The first-order valence-corrected chi connectivity index (χ1v) is 6.70. The Labute approximate surface area is 108 Å². The third-order valence-corrected chi connectivity index (χ3v) is 3.73. The molecule has 0 bridgehead atoms. The Morgan fingerprint density at radius 3 is 2.78 bits per heavy atom. The highest BCUT2D eigenvalue weighted by Gasteiger charge is 2.23. The van der Waals surface area contributed by atoms with E-state index in [0.717, 1.165) is 50.4 Å². The van der Waals surface area contributed by atoms with Crippen molar-refractivity contribution in [2.75, 3.05) is 42.9 Å². The number of rotatable bonds is 2. The van der Waals surface area contributed by atoms with Gasteiger partial charge in [0.15, 0.2) is 0 Å². The molecular weight excluding hydrogens is 226 g/mol. The number of anilines is 2. The van der Waals surface area contributed by atoms with Gasteiger partial charge in [-0.3, -0.25) is 4.79 Å². The van der Waals surface area contributed by atoms with Crippen molar-refractivity contribution in [3.8, 4) is 0 Å². The van der Waals surface area contributed by atoms with Crippen LogP contribution >= 0.6 is 0 Å². The Bertz CT molecular complexity index is 440. The van der Waals surface area contributed by atoms with Crippen LogP contribution in [-0.4, -0.2) is 43.5 Å². The predicted octanol–water partition coefficient (Wildman–Crippen LogP) is 1.54. The number of hydrogen-bond acceptors (Lipinski definition) is 3. The van der Waals surface area contributed by atoms with Crippen LogP contribution in [0.3, 0.4) is 0 Å². The molecule has 1 fully saturated rings. The molecule has 4 nitrogen and oxygen atoms in total. The Kier molecular flexibility index (Phi) is 3.09. The number of hydrogen-bond donors (Lipinski definition) is 1. The van der Waals surface area contributed by atoms with Gasteiger partial charge in [0.1, 0.15) is 0 Å². The first-order valence-electron chi connectivity index (χ1n) is 6.70. The van der Waals surface area contributed by atoms with Gasteiger partial charge in [0.05, 0.1) is 17.9 Å². The van der Waals surface area contributed by atoms with Crippen molar-refractivity contribution in [1.82, 2.24) is 4.90 Å². The maximum atomic E-state index is 12.2. The number of amides is 1. The topological polar surface area (TPSA) is 35.6 Å². The third-order valence-electron chi connectivity index (χ3n) is 3.73. The molecule has 0 unspecified atom stereocenters. The van der Waals surface area contributed by atoms with Gasteiger partial charge >= 0.3 is 0 Å². The smallest absolute Gasteiger partial charge is 0.242 e. The SMILES string of the molecule is O=C(CN1CCNc2ccccc21)N1CCCC1. The highest BCUT2D eigenvalue weighted by atomic mass is 16.2. The molecule has 0 radical (unpaired) electrons. The molecule has 0 spiro atoms. The molecule has 2 aliphatic heterocycles. The highest BCUT2D eigenvalue weighted by molar-refractivity contribution is 5.84. The Morgan fingerprint density at radius 2 is 1.94 bits per heavy atom. The van der Waals surface area contributed by atoms with Gasteiger partial charge in [0, 0.05) is 26.2 Å². The van der Waals surface area contributed by atoms with E-state index in [4.69, 9.17) is 0 Å². The Morgan fingerprint density at radius 1 is 1.17 bits per heavy atom. The minimum atomic E-state index is 0.268. The van der Waals surface area contributed by atoms with Gasteiger partial charge in [-0.25, -0.2) is 0 Å². The van der Waals surface area contributed by atoms with Crippen LogP contribution < -0.4 is 10.2 Å². The second kappa shape index (κ2) is 4.88. The summed E-state index contributed by atoms with van der Waals surface area (Å²) in [5, 5.41) is 3.37. The molecule has 1 aromatic carbocycles. The van der Waals surface area contributed by atoms with Gasteiger partial charge in [-0.15, -0.1) is 0 Å². The lowest BCUT2D eigenvalue weighted by atomic mass is 10.2.